The Balaban J connectivity index is 2.31. The lowest BCUT2D eigenvalue weighted by molar-refractivity contribution is 0.588. The van der Waals surface area contributed by atoms with Gasteiger partial charge in [0.25, 0.3) is 5.56 Å². The third-order valence-electron chi connectivity index (χ3n) is 2.53. The van der Waals surface area contributed by atoms with Crippen LogP contribution in [0.15, 0.2) is 22.6 Å². The van der Waals surface area contributed by atoms with Crippen molar-refractivity contribution in [1.29, 1.82) is 0 Å². The molecule has 17 heavy (non-hydrogen) atoms. The number of aromatic nitrogens is 2. The Morgan fingerprint density at radius 2 is 2.24 bits per heavy atom. The van der Waals surface area contributed by atoms with Crippen molar-refractivity contribution in [2.45, 2.75) is 13.5 Å². The average molecular weight is 272 g/mol. The monoisotopic (exact) mass is 272 g/mol. The van der Waals surface area contributed by atoms with E-state index in [-0.39, 0.29) is 23.6 Å². The van der Waals surface area contributed by atoms with Crippen LogP contribution in [0.1, 0.15) is 6.92 Å². The zero-order chi connectivity index (χ0) is 12.5. The zero-order valence-electron chi connectivity index (χ0n) is 9.29. The minimum atomic E-state index is -3.06. The minimum Gasteiger partial charge on any atom is -0.298 e. The van der Waals surface area contributed by atoms with Gasteiger partial charge in [0, 0.05) is 12.3 Å². The number of hydrogen-bond acceptors (Lipinski definition) is 5. The van der Waals surface area contributed by atoms with Crippen LogP contribution >= 0.6 is 11.3 Å². The molecular weight excluding hydrogens is 260 g/mol. The van der Waals surface area contributed by atoms with E-state index >= 15 is 0 Å². The summed E-state index contributed by atoms with van der Waals surface area (Å²) in [7, 11) is -3.06. The number of fused-ring (bicyclic) bond motifs is 1. The van der Waals surface area contributed by atoms with Crippen molar-refractivity contribution >= 4 is 31.4 Å². The number of rotatable bonds is 4. The highest BCUT2D eigenvalue weighted by atomic mass is 32.2. The molecule has 0 N–H and O–H groups in total. The van der Waals surface area contributed by atoms with Crippen molar-refractivity contribution in [3.63, 3.8) is 0 Å². The quantitative estimate of drug-likeness (QED) is 0.829. The molecule has 7 heteroatoms. The third-order valence-corrected chi connectivity index (χ3v) is 5.04. The van der Waals surface area contributed by atoms with Crippen molar-refractivity contribution in [3.05, 3.63) is 28.1 Å². The molecule has 0 unspecified atom stereocenters. The Kier molecular flexibility index (Phi) is 3.30. The summed E-state index contributed by atoms with van der Waals surface area (Å²) >= 11 is 1.40. The van der Waals surface area contributed by atoms with Crippen LogP contribution in [0.5, 0.6) is 0 Å². The Bertz CT molecular complexity index is 685. The zero-order valence-corrected chi connectivity index (χ0v) is 10.9. The van der Waals surface area contributed by atoms with Crippen LogP contribution in [-0.2, 0) is 16.4 Å². The van der Waals surface area contributed by atoms with E-state index < -0.39 is 9.84 Å². The summed E-state index contributed by atoms with van der Waals surface area (Å²) in [6.45, 7) is 1.76. The number of aryl methyl sites for hydroxylation is 1. The first-order valence-electron chi connectivity index (χ1n) is 5.16. The molecular formula is C10H12N2O3S2. The van der Waals surface area contributed by atoms with E-state index in [0.717, 1.165) is 0 Å². The van der Waals surface area contributed by atoms with Crippen LogP contribution in [-0.4, -0.2) is 29.5 Å². The third kappa shape index (κ3) is 2.55. The van der Waals surface area contributed by atoms with E-state index in [0.29, 0.717) is 10.2 Å². The Morgan fingerprint density at radius 3 is 2.94 bits per heavy atom. The largest absolute Gasteiger partial charge is 0.298 e. The lowest BCUT2D eigenvalue weighted by Gasteiger charge is -2.04. The van der Waals surface area contributed by atoms with Gasteiger partial charge in [0.1, 0.15) is 4.83 Å². The van der Waals surface area contributed by atoms with Gasteiger partial charge in [0.2, 0.25) is 0 Å². The van der Waals surface area contributed by atoms with E-state index in [1.807, 2.05) is 0 Å². The van der Waals surface area contributed by atoms with Crippen LogP contribution in [0.4, 0.5) is 0 Å². The molecule has 0 aliphatic rings. The van der Waals surface area contributed by atoms with Crippen LogP contribution in [0.25, 0.3) is 10.2 Å². The van der Waals surface area contributed by atoms with E-state index in [2.05, 4.69) is 4.98 Å². The lowest BCUT2D eigenvalue weighted by atomic mass is 10.4. The fourth-order valence-electron chi connectivity index (χ4n) is 1.43. The van der Waals surface area contributed by atoms with E-state index in [4.69, 9.17) is 0 Å². The van der Waals surface area contributed by atoms with Gasteiger partial charge >= 0.3 is 0 Å². The molecule has 0 radical (unpaired) electrons. The van der Waals surface area contributed by atoms with Crippen molar-refractivity contribution in [1.82, 2.24) is 9.55 Å². The predicted molar refractivity (Wildman–Crippen MR) is 68.2 cm³/mol. The fraction of sp³-hybridized carbons (Fsp3) is 0.400. The van der Waals surface area contributed by atoms with Crippen LogP contribution < -0.4 is 5.56 Å². The van der Waals surface area contributed by atoms with Crippen molar-refractivity contribution < 1.29 is 8.42 Å². The molecule has 2 aromatic rings. The normalized spacial score (nSPS) is 12.1. The molecule has 2 aromatic heterocycles. The molecule has 0 amide bonds. The molecule has 2 rings (SSSR count). The molecule has 0 atom stereocenters. The highest BCUT2D eigenvalue weighted by Crippen LogP contribution is 2.13. The number of thiophene rings is 1. The van der Waals surface area contributed by atoms with Crippen LogP contribution in [0.3, 0.4) is 0 Å². The lowest BCUT2D eigenvalue weighted by Crippen LogP contribution is -2.24. The molecule has 0 fully saturated rings. The van der Waals surface area contributed by atoms with E-state index in [1.54, 1.807) is 18.4 Å². The summed E-state index contributed by atoms with van der Waals surface area (Å²) in [4.78, 5) is 16.7. The Morgan fingerprint density at radius 1 is 1.47 bits per heavy atom. The van der Waals surface area contributed by atoms with E-state index in [9.17, 15) is 13.2 Å². The first-order chi connectivity index (χ1) is 8.03. The van der Waals surface area contributed by atoms with Gasteiger partial charge in [-0.1, -0.05) is 6.92 Å². The maximum absolute atomic E-state index is 11.9. The van der Waals surface area contributed by atoms with Gasteiger partial charge in [-0.15, -0.1) is 11.3 Å². The molecule has 5 nitrogen and oxygen atoms in total. The summed E-state index contributed by atoms with van der Waals surface area (Å²) in [5, 5.41) is 2.35. The smallest absolute Gasteiger partial charge is 0.262 e. The number of nitrogens with zero attached hydrogens (tertiary/aromatic N) is 2. The molecule has 92 valence electrons. The summed E-state index contributed by atoms with van der Waals surface area (Å²) in [6.07, 6.45) is 1.41. The first-order valence-corrected chi connectivity index (χ1v) is 7.86. The number of sulfone groups is 1. The highest BCUT2D eigenvalue weighted by Gasteiger charge is 2.10. The molecule has 0 aliphatic carbocycles. The van der Waals surface area contributed by atoms with Gasteiger partial charge in [-0.2, -0.15) is 0 Å². The summed E-state index contributed by atoms with van der Waals surface area (Å²) < 4.78 is 24.1. The second-order valence-corrected chi connectivity index (χ2v) is 6.99. The maximum atomic E-state index is 11.9. The van der Waals surface area contributed by atoms with Crippen LogP contribution in [0, 0.1) is 0 Å². The molecule has 0 aliphatic heterocycles. The maximum Gasteiger partial charge on any atom is 0.262 e. The van der Waals surface area contributed by atoms with Gasteiger partial charge in [0.05, 0.1) is 17.5 Å². The second kappa shape index (κ2) is 4.58. The topological polar surface area (TPSA) is 69.0 Å². The Labute approximate surface area is 103 Å². The molecule has 0 saturated heterocycles. The first kappa shape index (κ1) is 12.3. The average Bonchev–Trinajstić information content (AvgIpc) is 2.77. The van der Waals surface area contributed by atoms with Gasteiger partial charge in [-0.25, -0.2) is 13.4 Å². The second-order valence-electron chi connectivity index (χ2n) is 3.62. The molecule has 0 saturated carbocycles. The Hall–Kier alpha value is -1.21. The van der Waals surface area contributed by atoms with Gasteiger partial charge < -0.3 is 0 Å². The number of hydrogen-bond donors (Lipinski definition) is 0. The van der Waals surface area contributed by atoms with Gasteiger partial charge in [0.15, 0.2) is 9.84 Å². The predicted octanol–water partition coefficient (Wildman–Crippen LogP) is 0.893. The fourth-order valence-corrected chi connectivity index (χ4v) is 2.92. The summed E-state index contributed by atoms with van der Waals surface area (Å²) in [5.41, 5.74) is -0.178. The van der Waals surface area contributed by atoms with Crippen molar-refractivity contribution in [3.8, 4) is 0 Å². The van der Waals surface area contributed by atoms with Crippen LogP contribution in [0.2, 0.25) is 0 Å². The van der Waals surface area contributed by atoms with Crippen molar-refractivity contribution in [2.24, 2.45) is 0 Å². The van der Waals surface area contributed by atoms with Crippen molar-refractivity contribution in [2.75, 3.05) is 11.5 Å². The molecule has 0 aromatic carbocycles. The summed E-state index contributed by atoms with van der Waals surface area (Å²) in [6, 6.07) is 1.71. The standard InChI is InChI=1S/C10H12N2O3S2/c1-2-17(14,15)6-4-12-7-11-9-8(10(12)13)3-5-16-9/h3,5,7H,2,4,6H2,1H3. The molecule has 2 heterocycles. The molecule has 0 bridgehead atoms. The van der Waals surface area contributed by atoms with E-state index in [1.165, 1.54) is 22.2 Å². The molecule has 0 spiro atoms. The van der Waals surface area contributed by atoms with Gasteiger partial charge in [-0.3, -0.25) is 9.36 Å². The highest BCUT2D eigenvalue weighted by molar-refractivity contribution is 7.91. The minimum absolute atomic E-state index is 0.0271. The summed E-state index contributed by atoms with van der Waals surface area (Å²) in [5.74, 6) is 0.0661. The van der Waals surface area contributed by atoms with Gasteiger partial charge in [-0.05, 0) is 11.4 Å². The SMILES string of the molecule is CCS(=O)(=O)CCn1cnc2sccc2c1=O.